The summed E-state index contributed by atoms with van der Waals surface area (Å²) >= 11 is 15.2. The molecule has 1 N–H and O–H groups in total. The first-order chi connectivity index (χ1) is 9.51. The highest BCUT2D eigenvalue weighted by atomic mass is 79.9. The Bertz CT molecular complexity index is 662. The zero-order valence-corrected chi connectivity index (χ0v) is 13.5. The van der Waals surface area contributed by atoms with Crippen molar-refractivity contribution >= 4 is 50.7 Å². The average molecular weight is 375 g/mol. The van der Waals surface area contributed by atoms with Crippen molar-refractivity contribution in [2.24, 2.45) is 0 Å². The number of amides is 1. The molecule has 0 fully saturated rings. The second-order valence-corrected chi connectivity index (χ2v) is 5.60. The summed E-state index contributed by atoms with van der Waals surface area (Å²) in [7, 11) is 1.55. The number of hydrogen-bond donors (Lipinski definition) is 1. The van der Waals surface area contributed by atoms with Gasteiger partial charge in [0.1, 0.15) is 5.75 Å². The highest BCUT2D eigenvalue weighted by Crippen LogP contribution is 2.28. The first-order valence-electron chi connectivity index (χ1n) is 5.61. The van der Waals surface area contributed by atoms with Crippen molar-refractivity contribution < 1.29 is 9.53 Å². The molecule has 0 saturated carbocycles. The minimum absolute atomic E-state index is 0.280. The predicted molar refractivity (Wildman–Crippen MR) is 85.1 cm³/mol. The van der Waals surface area contributed by atoms with Gasteiger partial charge in [-0.15, -0.1) is 0 Å². The largest absolute Gasteiger partial charge is 0.497 e. The van der Waals surface area contributed by atoms with E-state index >= 15 is 0 Å². The molecule has 0 atom stereocenters. The summed E-state index contributed by atoms with van der Waals surface area (Å²) in [6.07, 6.45) is 0. The van der Waals surface area contributed by atoms with E-state index in [1.165, 1.54) is 0 Å². The number of anilines is 1. The van der Waals surface area contributed by atoms with Crippen LogP contribution in [0.1, 0.15) is 10.4 Å². The van der Waals surface area contributed by atoms with E-state index in [1.54, 1.807) is 43.5 Å². The molecular formula is C14H10BrCl2NO2. The Hall–Kier alpha value is -1.23. The van der Waals surface area contributed by atoms with Gasteiger partial charge in [0.2, 0.25) is 0 Å². The minimum atomic E-state index is -0.280. The summed E-state index contributed by atoms with van der Waals surface area (Å²) in [5.41, 5.74) is 0.960. The normalized spacial score (nSPS) is 10.2. The molecule has 0 aliphatic rings. The molecule has 20 heavy (non-hydrogen) atoms. The van der Waals surface area contributed by atoms with Crippen LogP contribution in [-0.2, 0) is 0 Å². The number of carbonyl (C=O) groups is 1. The van der Waals surface area contributed by atoms with Crippen LogP contribution in [-0.4, -0.2) is 13.0 Å². The molecule has 6 heteroatoms. The van der Waals surface area contributed by atoms with E-state index in [1.807, 2.05) is 0 Å². The van der Waals surface area contributed by atoms with Gasteiger partial charge in [-0.3, -0.25) is 4.79 Å². The first kappa shape index (κ1) is 15.2. The summed E-state index contributed by atoms with van der Waals surface area (Å²) in [6.45, 7) is 0. The molecule has 0 aromatic heterocycles. The number of benzene rings is 2. The van der Waals surface area contributed by atoms with Gasteiger partial charge in [-0.1, -0.05) is 23.2 Å². The topological polar surface area (TPSA) is 38.3 Å². The summed E-state index contributed by atoms with van der Waals surface area (Å²) < 4.78 is 5.75. The van der Waals surface area contributed by atoms with Crippen molar-refractivity contribution in [1.82, 2.24) is 0 Å². The Labute approximate surface area is 135 Å². The van der Waals surface area contributed by atoms with E-state index in [-0.39, 0.29) is 5.91 Å². The van der Waals surface area contributed by atoms with Crippen LogP contribution in [0, 0.1) is 0 Å². The van der Waals surface area contributed by atoms with Crippen LogP contribution in [0.5, 0.6) is 5.75 Å². The van der Waals surface area contributed by atoms with E-state index in [4.69, 9.17) is 27.9 Å². The van der Waals surface area contributed by atoms with Crippen LogP contribution >= 0.6 is 39.1 Å². The standard InChI is InChI=1S/C14H10BrCl2NO2/c1-20-9-3-5-12(17)13(7-9)18-14(19)8-2-4-11(16)10(15)6-8/h2-7H,1H3,(H,18,19). The van der Waals surface area contributed by atoms with Gasteiger partial charge >= 0.3 is 0 Å². The summed E-state index contributed by atoms with van der Waals surface area (Å²) in [4.78, 5) is 12.2. The Balaban J connectivity index is 2.25. The fraction of sp³-hybridized carbons (Fsp3) is 0.0714. The number of rotatable bonds is 3. The molecule has 0 saturated heterocycles. The van der Waals surface area contributed by atoms with Crippen LogP contribution in [0.2, 0.25) is 10.0 Å². The molecule has 0 radical (unpaired) electrons. The van der Waals surface area contributed by atoms with E-state index < -0.39 is 0 Å². The number of hydrogen-bond acceptors (Lipinski definition) is 2. The quantitative estimate of drug-likeness (QED) is 0.819. The molecule has 1 amide bonds. The fourth-order valence-corrected chi connectivity index (χ4v) is 2.22. The highest BCUT2D eigenvalue weighted by molar-refractivity contribution is 9.10. The monoisotopic (exact) mass is 373 g/mol. The predicted octanol–water partition coefficient (Wildman–Crippen LogP) is 5.02. The van der Waals surface area contributed by atoms with Crippen molar-refractivity contribution in [1.29, 1.82) is 0 Å². The maximum absolute atomic E-state index is 12.2. The smallest absolute Gasteiger partial charge is 0.255 e. The summed E-state index contributed by atoms with van der Waals surface area (Å²) in [6, 6.07) is 9.96. The number of carbonyl (C=O) groups excluding carboxylic acids is 1. The molecule has 3 nitrogen and oxygen atoms in total. The molecule has 0 aliphatic carbocycles. The van der Waals surface area contributed by atoms with Gasteiger partial charge in [0.25, 0.3) is 5.91 Å². The molecule has 0 spiro atoms. The lowest BCUT2D eigenvalue weighted by molar-refractivity contribution is 0.102. The lowest BCUT2D eigenvalue weighted by Gasteiger charge is -2.09. The van der Waals surface area contributed by atoms with Crippen molar-refractivity contribution in [3.8, 4) is 5.75 Å². The molecule has 2 aromatic carbocycles. The second-order valence-electron chi connectivity index (χ2n) is 3.93. The minimum Gasteiger partial charge on any atom is -0.497 e. The third kappa shape index (κ3) is 3.45. The van der Waals surface area contributed by atoms with Gasteiger partial charge in [0, 0.05) is 16.1 Å². The van der Waals surface area contributed by atoms with E-state index in [2.05, 4.69) is 21.2 Å². The Morgan fingerprint density at radius 1 is 1.15 bits per heavy atom. The van der Waals surface area contributed by atoms with E-state index in [0.29, 0.717) is 31.5 Å². The van der Waals surface area contributed by atoms with E-state index in [9.17, 15) is 4.79 Å². The third-order valence-electron chi connectivity index (χ3n) is 2.60. The zero-order valence-electron chi connectivity index (χ0n) is 10.4. The fourth-order valence-electron chi connectivity index (χ4n) is 1.56. The lowest BCUT2D eigenvalue weighted by Crippen LogP contribution is -2.12. The van der Waals surface area contributed by atoms with E-state index in [0.717, 1.165) is 0 Å². The average Bonchev–Trinajstić information content (AvgIpc) is 2.44. The summed E-state index contributed by atoms with van der Waals surface area (Å²) in [5, 5.41) is 3.71. The van der Waals surface area contributed by atoms with Gasteiger partial charge in [-0.25, -0.2) is 0 Å². The van der Waals surface area contributed by atoms with Crippen LogP contribution in [0.4, 0.5) is 5.69 Å². The van der Waals surface area contributed by atoms with Gasteiger partial charge in [0.05, 0.1) is 22.8 Å². The van der Waals surface area contributed by atoms with Gasteiger partial charge in [-0.2, -0.15) is 0 Å². The van der Waals surface area contributed by atoms with Gasteiger partial charge < -0.3 is 10.1 Å². The Kier molecular flexibility index (Phi) is 4.91. The molecular weight excluding hydrogens is 365 g/mol. The van der Waals surface area contributed by atoms with Crippen molar-refractivity contribution in [2.75, 3.05) is 12.4 Å². The molecule has 104 valence electrons. The number of halogens is 3. The zero-order chi connectivity index (χ0) is 14.7. The molecule has 2 aromatic rings. The van der Waals surface area contributed by atoms with Crippen LogP contribution in [0.25, 0.3) is 0 Å². The third-order valence-corrected chi connectivity index (χ3v) is 4.15. The number of nitrogens with one attached hydrogen (secondary N) is 1. The highest BCUT2D eigenvalue weighted by Gasteiger charge is 2.11. The van der Waals surface area contributed by atoms with Gasteiger partial charge in [0.15, 0.2) is 0 Å². The van der Waals surface area contributed by atoms with Crippen molar-refractivity contribution in [2.45, 2.75) is 0 Å². The maximum atomic E-state index is 12.2. The van der Waals surface area contributed by atoms with Gasteiger partial charge in [-0.05, 0) is 46.3 Å². The number of methoxy groups -OCH3 is 1. The molecule has 2 rings (SSSR count). The Morgan fingerprint density at radius 2 is 1.85 bits per heavy atom. The lowest BCUT2D eigenvalue weighted by atomic mass is 10.2. The molecule has 0 heterocycles. The Morgan fingerprint density at radius 3 is 2.50 bits per heavy atom. The second kappa shape index (κ2) is 6.48. The summed E-state index contributed by atoms with van der Waals surface area (Å²) in [5.74, 6) is 0.333. The molecule has 0 unspecified atom stereocenters. The number of ether oxygens (including phenoxy) is 1. The first-order valence-corrected chi connectivity index (χ1v) is 7.16. The van der Waals surface area contributed by atoms with Crippen LogP contribution < -0.4 is 10.1 Å². The van der Waals surface area contributed by atoms with Crippen LogP contribution in [0.3, 0.4) is 0 Å². The van der Waals surface area contributed by atoms with Crippen molar-refractivity contribution in [3.05, 3.63) is 56.5 Å². The molecule has 0 aliphatic heterocycles. The van der Waals surface area contributed by atoms with Crippen molar-refractivity contribution in [3.63, 3.8) is 0 Å². The SMILES string of the molecule is COc1ccc(Cl)c(NC(=O)c2ccc(Cl)c(Br)c2)c1. The molecule has 0 bridgehead atoms. The maximum Gasteiger partial charge on any atom is 0.255 e. The van der Waals surface area contributed by atoms with Crippen LogP contribution in [0.15, 0.2) is 40.9 Å².